The molecule has 0 radical (unpaired) electrons. The minimum Gasteiger partial charge on any atom is -0.321 e. The maximum atomic E-state index is 6.44. The molecule has 1 aliphatic heterocycles. The van der Waals surface area contributed by atoms with E-state index in [1.165, 1.54) is 24.9 Å². The van der Waals surface area contributed by atoms with Crippen LogP contribution in [0.1, 0.15) is 32.3 Å². The van der Waals surface area contributed by atoms with Crippen molar-refractivity contribution in [3.05, 3.63) is 35.9 Å². The third kappa shape index (κ3) is 2.45. The van der Waals surface area contributed by atoms with Crippen LogP contribution < -0.4 is 5.73 Å². The zero-order valence-electron chi connectivity index (χ0n) is 10.3. The Labute approximate surface area is 98.4 Å². The summed E-state index contributed by atoms with van der Waals surface area (Å²) in [6.07, 6.45) is 2.62. The first-order valence-electron chi connectivity index (χ1n) is 6.18. The van der Waals surface area contributed by atoms with Crippen molar-refractivity contribution in [2.24, 2.45) is 5.73 Å². The molecule has 1 saturated heterocycles. The zero-order chi connectivity index (χ0) is 11.6. The Hall–Kier alpha value is -0.860. The van der Waals surface area contributed by atoms with E-state index in [4.69, 9.17) is 5.73 Å². The number of rotatable bonds is 3. The maximum absolute atomic E-state index is 6.44. The molecule has 1 aromatic carbocycles. The highest BCUT2D eigenvalue weighted by Gasteiger charge is 2.29. The fourth-order valence-electron chi connectivity index (χ4n) is 2.56. The van der Waals surface area contributed by atoms with E-state index >= 15 is 0 Å². The number of nitrogens with zero attached hydrogens (tertiary/aromatic N) is 1. The Balaban J connectivity index is 2.08. The molecule has 2 atom stereocenters. The topological polar surface area (TPSA) is 29.3 Å². The second-order valence-corrected chi connectivity index (χ2v) is 5.25. The van der Waals surface area contributed by atoms with Crippen molar-refractivity contribution in [1.29, 1.82) is 0 Å². The molecule has 1 heterocycles. The standard InChI is InChI=1S/C14H22N2/c1-12-7-6-10-16(12)11-14(2,15)13-8-4-3-5-9-13/h3-5,8-9,12H,6-7,10-11,15H2,1-2H3. The van der Waals surface area contributed by atoms with Crippen LogP contribution >= 0.6 is 0 Å². The number of hydrogen-bond acceptors (Lipinski definition) is 2. The second-order valence-electron chi connectivity index (χ2n) is 5.25. The highest BCUT2D eigenvalue weighted by Crippen LogP contribution is 2.24. The molecule has 0 bridgehead atoms. The van der Waals surface area contributed by atoms with Crippen LogP contribution in [0.2, 0.25) is 0 Å². The lowest BCUT2D eigenvalue weighted by atomic mass is 9.92. The Morgan fingerprint density at radius 1 is 1.38 bits per heavy atom. The van der Waals surface area contributed by atoms with E-state index in [9.17, 15) is 0 Å². The Bertz CT molecular complexity index is 332. The van der Waals surface area contributed by atoms with Gasteiger partial charge in [-0.1, -0.05) is 30.3 Å². The van der Waals surface area contributed by atoms with Crippen LogP contribution in [0.5, 0.6) is 0 Å². The minimum absolute atomic E-state index is 0.236. The minimum atomic E-state index is -0.236. The van der Waals surface area contributed by atoms with Gasteiger partial charge in [-0.3, -0.25) is 4.90 Å². The van der Waals surface area contributed by atoms with Gasteiger partial charge in [-0.05, 0) is 38.8 Å². The predicted molar refractivity (Wildman–Crippen MR) is 68.3 cm³/mol. The van der Waals surface area contributed by atoms with Crippen molar-refractivity contribution in [3.63, 3.8) is 0 Å². The van der Waals surface area contributed by atoms with Crippen LogP contribution in [0.15, 0.2) is 30.3 Å². The van der Waals surface area contributed by atoms with Crippen LogP contribution in [0, 0.1) is 0 Å². The van der Waals surface area contributed by atoms with Crippen molar-refractivity contribution in [1.82, 2.24) is 4.90 Å². The van der Waals surface area contributed by atoms with Gasteiger partial charge in [0.2, 0.25) is 0 Å². The molecule has 2 heteroatoms. The summed E-state index contributed by atoms with van der Waals surface area (Å²) in [6, 6.07) is 11.1. The molecule has 88 valence electrons. The maximum Gasteiger partial charge on any atom is 0.0510 e. The van der Waals surface area contributed by atoms with Crippen molar-refractivity contribution in [2.45, 2.75) is 38.3 Å². The van der Waals surface area contributed by atoms with Gasteiger partial charge in [-0.25, -0.2) is 0 Å². The largest absolute Gasteiger partial charge is 0.321 e. The normalized spacial score (nSPS) is 25.6. The highest BCUT2D eigenvalue weighted by atomic mass is 15.2. The second kappa shape index (κ2) is 4.56. The summed E-state index contributed by atoms with van der Waals surface area (Å²) in [5.41, 5.74) is 7.43. The Morgan fingerprint density at radius 3 is 2.62 bits per heavy atom. The predicted octanol–water partition coefficient (Wildman–Crippen LogP) is 2.34. The van der Waals surface area contributed by atoms with Gasteiger partial charge in [-0.2, -0.15) is 0 Å². The molecular formula is C14H22N2. The fraction of sp³-hybridized carbons (Fsp3) is 0.571. The summed E-state index contributed by atoms with van der Waals surface area (Å²) in [5, 5.41) is 0. The first-order chi connectivity index (χ1) is 7.59. The van der Waals surface area contributed by atoms with E-state index in [-0.39, 0.29) is 5.54 Å². The van der Waals surface area contributed by atoms with E-state index in [2.05, 4.69) is 43.0 Å². The number of likely N-dealkylation sites (tertiary alicyclic amines) is 1. The average Bonchev–Trinajstić information content (AvgIpc) is 2.65. The van der Waals surface area contributed by atoms with E-state index < -0.39 is 0 Å². The fourth-order valence-corrected chi connectivity index (χ4v) is 2.56. The highest BCUT2D eigenvalue weighted by molar-refractivity contribution is 5.23. The van der Waals surface area contributed by atoms with Gasteiger partial charge < -0.3 is 5.73 Å². The summed E-state index contributed by atoms with van der Waals surface area (Å²) >= 11 is 0. The Kier molecular flexibility index (Phi) is 3.31. The number of hydrogen-bond donors (Lipinski definition) is 1. The average molecular weight is 218 g/mol. The van der Waals surface area contributed by atoms with Crippen LogP contribution in [0.4, 0.5) is 0 Å². The molecule has 1 fully saturated rings. The molecule has 0 spiro atoms. The molecule has 2 N–H and O–H groups in total. The summed E-state index contributed by atoms with van der Waals surface area (Å²) < 4.78 is 0. The Morgan fingerprint density at radius 2 is 2.06 bits per heavy atom. The van der Waals surface area contributed by atoms with E-state index in [0.29, 0.717) is 6.04 Å². The molecule has 0 amide bonds. The summed E-state index contributed by atoms with van der Waals surface area (Å²) in [6.45, 7) is 6.58. The van der Waals surface area contributed by atoms with Gasteiger partial charge >= 0.3 is 0 Å². The SMILES string of the molecule is CC1CCCN1CC(C)(N)c1ccccc1. The van der Waals surface area contributed by atoms with E-state index in [1.807, 2.05) is 6.07 Å². The van der Waals surface area contributed by atoms with Gasteiger partial charge in [-0.15, -0.1) is 0 Å². The summed E-state index contributed by atoms with van der Waals surface area (Å²) in [5.74, 6) is 0. The molecule has 2 rings (SSSR count). The van der Waals surface area contributed by atoms with Crippen LogP contribution in [-0.2, 0) is 5.54 Å². The lowest BCUT2D eigenvalue weighted by Crippen LogP contribution is -2.46. The summed E-state index contributed by atoms with van der Waals surface area (Å²) in [4.78, 5) is 2.51. The van der Waals surface area contributed by atoms with Gasteiger partial charge in [0.25, 0.3) is 0 Å². The van der Waals surface area contributed by atoms with Gasteiger partial charge in [0.15, 0.2) is 0 Å². The molecule has 0 saturated carbocycles. The van der Waals surface area contributed by atoms with Gasteiger partial charge in [0, 0.05) is 12.6 Å². The van der Waals surface area contributed by atoms with E-state index in [0.717, 1.165) is 6.54 Å². The molecule has 2 unspecified atom stereocenters. The monoisotopic (exact) mass is 218 g/mol. The number of benzene rings is 1. The molecule has 1 aromatic rings. The van der Waals surface area contributed by atoms with Gasteiger partial charge in [0.1, 0.15) is 0 Å². The molecule has 16 heavy (non-hydrogen) atoms. The van der Waals surface area contributed by atoms with Crippen molar-refractivity contribution < 1.29 is 0 Å². The first-order valence-corrected chi connectivity index (χ1v) is 6.18. The lowest BCUT2D eigenvalue weighted by molar-refractivity contribution is 0.212. The van der Waals surface area contributed by atoms with Crippen LogP contribution in [0.25, 0.3) is 0 Å². The van der Waals surface area contributed by atoms with E-state index in [1.54, 1.807) is 0 Å². The molecule has 1 aliphatic rings. The molecule has 0 aromatic heterocycles. The third-order valence-corrected chi connectivity index (χ3v) is 3.66. The third-order valence-electron chi connectivity index (χ3n) is 3.66. The van der Waals surface area contributed by atoms with Crippen LogP contribution in [-0.4, -0.2) is 24.0 Å². The van der Waals surface area contributed by atoms with Crippen molar-refractivity contribution >= 4 is 0 Å². The number of nitrogens with two attached hydrogens (primary N) is 1. The van der Waals surface area contributed by atoms with Crippen LogP contribution in [0.3, 0.4) is 0 Å². The summed E-state index contributed by atoms with van der Waals surface area (Å²) in [7, 11) is 0. The lowest BCUT2D eigenvalue weighted by Gasteiger charge is -2.32. The quantitative estimate of drug-likeness (QED) is 0.844. The van der Waals surface area contributed by atoms with Crippen molar-refractivity contribution in [2.75, 3.05) is 13.1 Å². The molecular weight excluding hydrogens is 196 g/mol. The first kappa shape index (κ1) is 11.6. The molecule has 0 aliphatic carbocycles. The smallest absolute Gasteiger partial charge is 0.0510 e. The zero-order valence-corrected chi connectivity index (χ0v) is 10.3. The van der Waals surface area contributed by atoms with Gasteiger partial charge in [0.05, 0.1) is 5.54 Å². The van der Waals surface area contributed by atoms with Crippen molar-refractivity contribution in [3.8, 4) is 0 Å². The molecule has 2 nitrogen and oxygen atoms in total.